The molecular formula is C19H26N4O3S. The van der Waals surface area contributed by atoms with Crippen LogP contribution in [0.3, 0.4) is 0 Å². The molecule has 2 aliphatic rings. The predicted octanol–water partition coefficient (Wildman–Crippen LogP) is 2.44. The maximum absolute atomic E-state index is 13.2. The Labute approximate surface area is 160 Å². The third kappa shape index (κ3) is 3.55. The summed E-state index contributed by atoms with van der Waals surface area (Å²) < 4.78 is 35.0. The highest BCUT2D eigenvalue weighted by atomic mass is 32.2. The second-order valence-electron chi connectivity index (χ2n) is 7.10. The molecule has 0 atom stereocenters. The van der Waals surface area contributed by atoms with Gasteiger partial charge in [0.15, 0.2) is 0 Å². The van der Waals surface area contributed by atoms with E-state index in [-0.39, 0.29) is 5.92 Å². The zero-order valence-corrected chi connectivity index (χ0v) is 16.7. The summed E-state index contributed by atoms with van der Waals surface area (Å²) >= 11 is 0. The van der Waals surface area contributed by atoms with Gasteiger partial charge in [-0.15, -0.1) is 0 Å². The third-order valence-corrected chi connectivity index (χ3v) is 7.07. The van der Waals surface area contributed by atoms with Gasteiger partial charge in [0.05, 0.1) is 24.6 Å². The van der Waals surface area contributed by atoms with Gasteiger partial charge in [-0.3, -0.25) is 8.99 Å². The van der Waals surface area contributed by atoms with E-state index >= 15 is 0 Å². The fourth-order valence-corrected chi connectivity index (χ4v) is 4.82. The number of hydrogen-bond acceptors (Lipinski definition) is 5. The van der Waals surface area contributed by atoms with Crippen molar-refractivity contribution >= 4 is 21.4 Å². The summed E-state index contributed by atoms with van der Waals surface area (Å²) in [6.07, 6.45) is 3.70. The van der Waals surface area contributed by atoms with Crippen LogP contribution in [0.4, 0.5) is 11.4 Å². The van der Waals surface area contributed by atoms with Gasteiger partial charge in [-0.1, -0.05) is 0 Å². The lowest BCUT2D eigenvalue weighted by Crippen LogP contribution is -2.36. The topological polar surface area (TPSA) is 67.7 Å². The smallest absolute Gasteiger partial charge is 0.267 e. The van der Waals surface area contributed by atoms with Crippen molar-refractivity contribution in [2.75, 3.05) is 42.6 Å². The van der Waals surface area contributed by atoms with Gasteiger partial charge < -0.3 is 9.64 Å². The molecule has 1 saturated carbocycles. The Morgan fingerprint density at radius 2 is 1.85 bits per heavy atom. The Balaban J connectivity index is 1.59. The normalized spacial score (nSPS) is 17.9. The zero-order valence-electron chi connectivity index (χ0n) is 15.8. The Morgan fingerprint density at radius 1 is 1.19 bits per heavy atom. The molecule has 4 rings (SSSR count). The molecule has 7 nitrogen and oxygen atoms in total. The summed E-state index contributed by atoms with van der Waals surface area (Å²) in [5.74, 6) is 0.277. The lowest BCUT2D eigenvalue weighted by atomic mass is 10.2. The zero-order chi connectivity index (χ0) is 19.0. The first-order valence-electron chi connectivity index (χ1n) is 9.49. The highest BCUT2D eigenvalue weighted by molar-refractivity contribution is 7.92. The van der Waals surface area contributed by atoms with Crippen LogP contribution >= 0.6 is 0 Å². The van der Waals surface area contributed by atoms with Crippen LogP contribution in [0.2, 0.25) is 0 Å². The molecule has 0 bridgehead atoms. The van der Waals surface area contributed by atoms with Crippen molar-refractivity contribution in [1.82, 2.24) is 9.78 Å². The van der Waals surface area contributed by atoms with Gasteiger partial charge >= 0.3 is 0 Å². The lowest BCUT2D eigenvalue weighted by molar-refractivity contribution is 0.122. The molecule has 1 aliphatic heterocycles. The van der Waals surface area contributed by atoms with Crippen molar-refractivity contribution in [3.8, 4) is 0 Å². The van der Waals surface area contributed by atoms with Crippen LogP contribution in [0.5, 0.6) is 0 Å². The number of sulfonamides is 1. The molecule has 8 heteroatoms. The number of anilines is 2. The van der Waals surface area contributed by atoms with Crippen molar-refractivity contribution in [1.29, 1.82) is 0 Å². The Bertz CT molecular complexity index is 898. The molecular weight excluding hydrogens is 364 g/mol. The fourth-order valence-electron chi connectivity index (χ4n) is 3.40. The van der Waals surface area contributed by atoms with Gasteiger partial charge in [0.2, 0.25) is 0 Å². The van der Waals surface area contributed by atoms with Gasteiger partial charge in [-0.05, 0) is 44.0 Å². The highest BCUT2D eigenvalue weighted by Gasteiger charge is 2.35. The molecule has 146 valence electrons. The Hall–Kier alpha value is -2.06. The van der Waals surface area contributed by atoms with E-state index in [1.165, 1.54) is 4.31 Å². The van der Waals surface area contributed by atoms with Crippen LogP contribution in [-0.2, 0) is 21.3 Å². The van der Waals surface area contributed by atoms with E-state index in [1.54, 1.807) is 17.9 Å². The van der Waals surface area contributed by atoms with Gasteiger partial charge in [0.1, 0.15) is 4.90 Å². The summed E-state index contributed by atoms with van der Waals surface area (Å²) in [6, 6.07) is 7.68. The van der Waals surface area contributed by atoms with E-state index in [2.05, 4.69) is 10.00 Å². The molecule has 27 heavy (non-hydrogen) atoms. The maximum atomic E-state index is 13.2. The second kappa shape index (κ2) is 7.16. The summed E-state index contributed by atoms with van der Waals surface area (Å²) in [5, 5.41) is 4.50. The average Bonchev–Trinajstić information content (AvgIpc) is 3.46. The molecule has 0 spiro atoms. The van der Waals surface area contributed by atoms with Crippen molar-refractivity contribution in [3.63, 3.8) is 0 Å². The number of ether oxygens (including phenoxy) is 1. The first-order chi connectivity index (χ1) is 13.0. The molecule has 0 unspecified atom stereocenters. The van der Waals surface area contributed by atoms with Crippen molar-refractivity contribution in [2.45, 2.75) is 37.1 Å². The van der Waals surface area contributed by atoms with E-state index in [4.69, 9.17) is 4.74 Å². The van der Waals surface area contributed by atoms with Crippen molar-refractivity contribution < 1.29 is 13.2 Å². The maximum Gasteiger partial charge on any atom is 0.267 e. The number of morpholine rings is 1. The van der Waals surface area contributed by atoms with Gasteiger partial charge in [0, 0.05) is 44.5 Å². The number of nitrogens with zero attached hydrogens (tertiary/aromatic N) is 4. The number of benzene rings is 1. The van der Waals surface area contributed by atoms with Crippen molar-refractivity contribution in [2.24, 2.45) is 0 Å². The number of aryl methyl sites for hydroxylation is 1. The Morgan fingerprint density at radius 3 is 2.44 bits per heavy atom. The first-order valence-corrected chi connectivity index (χ1v) is 10.9. The van der Waals surface area contributed by atoms with E-state index in [0.717, 1.165) is 44.8 Å². The summed E-state index contributed by atoms with van der Waals surface area (Å²) in [5.41, 5.74) is 2.46. The standard InChI is InChI=1S/C19H26N4O3S/c1-3-23-14-18(19(20-23)15-4-5-15)27(24,25)21(2)16-6-8-17(9-7-16)22-10-12-26-13-11-22/h6-9,14-15H,3-5,10-13H2,1-2H3. The summed E-state index contributed by atoms with van der Waals surface area (Å²) in [7, 11) is -2.03. The quantitative estimate of drug-likeness (QED) is 0.758. The number of aromatic nitrogens is 2. The van der Waals surface area contributed by atoms with Crippen LogP contribution in [0, 0.1) is 0 Å². The molecule has 2 heterocycles. The fraction of sp³-hybridized carbons (Fsp3) is 0.526. The lowest BCUT2D eigenvalue weighted by Gasteiger charge is -2.29. The largest absolute Gasteiger partial charge is 0.378 e. The molecule has 1 aromatic heterocycles. The van der Waals surface area contributed by atoms with Crippen LogP contribution in [0.1, 0.15) is 31.4 Å². The van der Waals surface area contributed by atoms with Crippen LogP contribution < -0.4 is 9.21 Å². The van der Waals surface area contributed by atoms with E-state index in [1.807, 2.05) is 31.2 Å². The van der Waals surface area contributed by atoms with E-state index in [9.17, 15) is 8.42 Å². The number of hydrogen-bond donors (Lipinski definition) is 0. The van der Waals surface area contributed by atoms with Crippen molar-refractivity contribution in [3.05, 3.63) is 36.2 Å². The highest BCUT2D eigenvalue weighted by Crippen LogP contribution is 2.42. The second-order valence-corrected chi connectivity index (χ2v) is 9.03. The molecule has 0 amide bonds. The Kier molecular flexibility index (Phi) is 4.86. The summed E-state index contributed by atoms with van der Waals surface area (Å²) in [4.78, 5) is 2.59. The van der Waals surface area contributed by atoms with Crippen LogP contribution in [0.25, 0.3) is 0 Å². The van der Waals surface area contributed by atoms with E-state index < -0.39 is 10.0 Å². The third-order valence-electron chi connectivity index (χ3n) is 5.27. The minimum atomic E-state index is -3.64. The van der Waals surface area contributed by atoms with E-state index in [0.29, 0.717) is 22.8 Å². The average molecular weight is 391 g/mol. The molecule has 2 fully saturated rings. The molecule has 1 saturated heterocycles. The monoisotopic (exact) mass is 390 g/mol. The van der Waals surface area contributed by atoms with Gasteiger partial charge in [-0.2, -0.15) is 5.10 Å². The predicted molar refractivity (Wildman–Crippen MR) is 105 cm³/mol. The van der Waals surface area contributed by atoms with Gasteiger partial charge in [-0.25, -0.2) is 8.42 Å². The molecule has 0 N–H and O–H groups in total. The minimum absolute atomic E-state index is 0.277. The SMILES string of the molecule is CCn1cc(S(=O)(=O)N(C)c2ccc(N3CCOCC3)cc2)c(C2CC2)n1. The number of rotatable bonds is 6. The molecule has 1 aromatic carbocycles. The molecule has 1 aliphatic carbocycles. The van der Waals surface area contributed by atoms with Gasteiger partial charge in [0.25, 0.3) is 10.0 Å². The summed E-state index contributed by atoms with van der Waals surface area (Å²) in [6.45, 7) is 5.78. The molecule has 2 aromatic rings. The minimum Gasteiger partial charge on any atom is -0.378 e. The first kappa shape index (κ1) is 18.3. The molecule has 0 radical (unpaired) electrons. The van der Waals surface area contributed by atoms with Crippen LogP contribution in [0.15, 0.2) is 35.4 Å². The van der Waals surface area contributed by atoms with Crippen LogP contribution in [-0.4, -0.2) is 51.5 Å².